The van der Waals surface area contributed by atoms with E-state index in [1.807, 2.05) is 38.1 Å². The van der Waals surface area contributed by atoms with Gasteiger partial charge < -0.3 is 4.74 Å². The molecule has 2 saturated carbocycles. The maximum Gasteiger partial charge on any atom is 0.162 e. The molecule has 2 aliphatic rings. The number of hydrogen-bond acceptors (Lipinski definition) is 1. The summed E-state index contributed by atoms with van der Waals surface area (Å²) >= 11 is 0. The van der Waals surface area contributed by atoms with Crippen LogP contribution in [0.1, 0.15) is 100 Å². The Balaban J connectivity index is 1.29. The molecule has 0 heterocycles. The Kier molecular flexibility index (Phi) is 8.97. The number of rotatable bonds is 8. The number of hydrogen-bond donors (Lipinski definition) is 0. The zero-order chi connectivity index (χ0) is 24.8. The molecule has 0 aliphatic heterocycles. The zero-order valence-electron chi connectivity index (χ0n) is 21.2. The second kappa shape index (κ2) is 12.1. The molecule has 190 valence electrons. The Morgan fingerprint density at radius 1 is 0.829 bits per heavy atom. The van der Waals surface area contributed by atoms with Crippen LogP contribution in [0.2, 0.25) is 0 Å². The second-order valence-electron chi connectivity index (χ2n) is 10.5. The fourth-order valence-electron chi connectivity index (χ4n) is 6.22. The van der Waals surface area contributed by atoms with Gasteiger partial charge in [-0.25, -0.2) is 13.2 Å². The summed E-state index contributed by atoms with van der Waals surface area (Å²) in [6, 6.07) is 8.84. The molecule has 0 saturated heterocycles. The van der Waals surface area contributed by atoms with Crippen LogP contribution in [0.3, 0.4) is 0 Å². The highest BCUT2D eigenvalue weighted by molar-refractivity contribution is 5.32. The first kappa shape index (κ1) is 25.9. The van der Waals surface area contributed by atoms with Gasteiger partial charge in [0.05, 0.1) is 6.61 Å². The minimum absolute atomic E-state index is 0.123. The van der Waals surface area contributed by atoms with Crippen molar-refractivity contribution >= 4 is 0 Å². The molecule has 0 atom stereocenters. The molecule has 0 N–H and O–H groups in total. The van der Waals surface area contributed by atoms with Crippen LogP contribution in [-0.2, 0) is 6.42 Å². The minimum atomic E-state index is -0.650. The smallest absolute Gasteiger partial charge is 0.162 e. The van der Waals surface area contributed by atoms with Crippen molar-refractivity contribution in [2.75, 3.05) is 6.61 Å². The Bertz CT molecular complexity index is 999. The van der Waals surface area contributed by atoms with Gasteiger partial charge in [0, 0.05) is 6.07 Å². The largest absolute Gasteiger partial charge is 0.494 e. The fraction of sp³-hybridized carbons (Fsp3) is 0.548. The van der Waals surface area contributed by atoms with E-state index in [0.29, 0.717) is 41.7 Å². The summed E-state index contributed by atoms with van der Waals surface area (Å²) < 4.78 is 49.9. The van der Waals surface area contributed by atoms with E-state index in [1.54, 1.807) is 0 Å². The molecule has 2 aliphatic carbocycles. The number of ether oxygens (including phenoxy) is 1. The van der Waals surface area contributed by atoms with Gasteiger partial charge in [-0.3, -0.25) is 0 Å². The van der Waals surface area contributed by atoms with E-state index in [2.05, 4.69) is 12.2 Å². The van der Waals surface area contributed by atoms with Crippen molar-refractivity contribution in [1.82, 2.24) is 0 Å². The monoisotopic (exact) mass is 484 g/mol. The van der Waals surface area contributed by atoms with Gasteiger partial charge in [0.1, 0.15) is 11.6 Å². The summed E-state index contributed by atoms with van der Waals surface area (Å²) in [5.41, 5.74) is 1.83. The molecule has 4 rings (SSSR count). The molecule has 0 unspecified atom stereocenters. The lowest BCUT2D eigenvalue weighted by molar-refractivity contribution is 0.304. The van der Waals surface area contributed by atoms with Crippen molar-refractivity contribution < 1.29 is 17.9 Å². The molecule has 35 heavy (non-hydrogen) atoms. The van der Waals surface area contributed by atoms with Crippen molar-refractivity contribution in [3.8, 4) is 5.75 Å². The van der Waals surface area contributed by atoms with Gasteiger partial charge in [0.15, 0.2) is 11.6 Å². The maximum atomic E-state index is 15.0. The predicted molar refractivity (Wildman–Crippen MR) is 136 cm³/mol. The minimum Gasteiger partial charge on any atom is -0.494 e. The van der Waals surface area contributed by atoms with E-state index in [9.17, 15) is 13.2 Å². The Hall–Kier alpha value is -2.23. The highest BCUT2D eigenvalue weighted by Gasteiger charge is 2.27. The zero-order valence-corrected chi connectivity index (χ0v) is 21.2. The Morgan fingerprint density at radius 3 is 2.14 bits per heavy atom. The van der Waals surface area contributed by atoms with Crippen LogP contribution >= 0.6 is 0 Å². The van der Waals surface area contributed by atoms with Crippen LogP contribution in [0.4, 0.5) is 13.2 Å². The van der Waals surface area contributed by atoms with E-state index < -0.39 is 11.6 Å². The highest BCUT2D eigenvalue weighted by atomic mass is 19.2. The van der Waals surface area contributed by atoms with E-state index in [-0.39, 0.29) is 17.7 Å². The first-order valence-corrected chi connectivity index (χ1v) is 13.5. The Labute approximate surface area is 208 Å². The third kappa shape index (κ3) is 6.32. The van der Waals surface area contributed by atoms with E-state index in [1.165, 1.54) is 6.07 Å². The van der Waals surface area contributed by atoms with Gasteiger partial charge in [-0.2, -0.15) is 0 Å². The molecule has 2 aromatic carbocycles. The van der Waals surface area contributed by atoms with Crippen LogP contribution in [0, 0.1) is 29.3 Å². The number of aryl methyl sites for hydroxylation is 1. The molecule has 0 aromatic heterocycles. The Morgan fingerprint density at radius 2 is 1.49 bits per heavy atom. The van der Waals surface area contributed by atoms with Crippen LogP contribution in [-0.4, -0.2) is 6.61 Å². The van der Waals surface area contributed by atoms with E-state index >= 15 is 0 Å². The topological polar surface area (TPSA) is 9.23 Å². The summed E-state index contributed by atoms with van der Waals surface area (Å²) in [6.07, 6.45) is 13.5. The summed E-state index contributed by atoms with van der Waals surface area (Å²) in [4.78, 5) is 0. The van der Waals surface area contributed by atoms with Gasteiger partial charge >= 0.3 is 0 Å². The lowest BCUT2D eigenvalue weighted by atomic mass is 9.76. The molecular formula is C31H39F3O. The van der Waals surface area contributed by atoms with Crippen molar-refractivity contribution in [1.29, 1.82) is 0 Å². The third-order valence-corrected chi connectivity index (χ3v) is 8.26. The molecule has 0 bridgehead atoms. The van der Waals surface area contributed by atoms with Gasteiger partial charge in [-0.1, -0.05) is 30.4 Å². The number of allylic oxidation sites excluding steroid dienone is 2. The lowest BCUT2D eigenvalue weighted by Crippen LogP contribution is -2.16. The van der Waals surface area contributed by atoms with Crippen molar-refractivity contribution in [3.05, 3.63) is 76.6 Å². The van der Waals surface area contributed by atoms with Crippen LogP contribution in [0.15, 0.2) is 42.5 Å². The standard InChI is InChI=1S/C31H39F3O/c1-3-5-21-6-13-24(14-7-21)28-18-16-25(30(33)31(28)34)15-10-22-8-11-23(12-9-22)27-19-17-26(35-4-2)20-29(27)32/h3,5,16-24H,4,6-15H2,1-2H3/b5-3+. The van der Waals surface area contributed by atoms with Crippen LogP contribution in [0.5, 0.6) is 5.75 Å². The van der Waals surface area contributed by atoms with E-state index in [4.69, 9.17) is 4.74 Å². The molecule has 2 aromatic rings. The van der Waals surface area contributed by atoms with Gasteiger partial charge in [-0.05, 0) is 124 Å². The molecule has 0 amide bonds. The van der Waals surface area contributed by atoms with Crippen molar-refractivity contribution in [3.63, 3.8) is 0 Å². The lowest BCUT2D eigenvalue weighted by Gasteiger charge is -2.29. The van der Waals surface area contributed by atoms with Crippen LogP contribution in [0.25, 0.3) is 0 Å². The summed E-state index contributed by atoms with van der Waals surface area (Å²) in [5, 5.41) is 0. The second-order valence-corrected chi connectivity index (χ2v) is 10.5. The molecule has 4 heteroatoms. The average Bonchev–Trinajstić information content (AvgIpc) is 2.87. The van der Waals surface area contributed by atoms with Gasteiger partial charge in [0.25, 0.3) is 0 Å². The van der Waals surface area contributed by atoms with Gasteiger partial charge in [0.2, 0.25) is 0 Å². The molecule has 0 spiro atoms. The van der Waals surface area contributed by atoms with Crippen molar-refractivity contribution in [2.45, 2.75) is 89.9 Å². The SMILES string of the molecule is C/C=C/C1CCC(c2ccc(CCC3CCC(c4ccc(OCC)cc4F)CC3)c(F)c2F)CC1. The molecule has 0 radical (unpaired) electrons. The maximum absolute atomic E-state index is 15.0. The van der Waals surface area contributed by atoms with E-state index in [0.717, 1.165) is 63.4 Å². The molecule has 1 nitrogen and oxygen atoms in total. The number of benzene rings is 2. The quantitative estimate of drug-likeness (QED) is 0.339. The van der Waals surface area contributed by atoms with Gasteiger partial charge in [-0.15, -0.1) is 0 Å². The third-order valence-electron chi connectivity index (χ3n) is 8.26. The van der Waals surface area contributed by atoms with Crippen molar-refractivity contribution in [2.24, 2.45) is 11.8 Å². The average molecular weight is 485 g/mol. The van der Waals surface area contributed by atoms with Crippen LogP contribution < -0.4 is 4.74 Å². The first-order valence-electron chi connectivity index (χ1n) is 13.5. The fourth-order valence-corrected chi connectivity index (χ4v) is 6.22. The summed E-state index contributed by atoms with van der Waals surface area (Å²) in [6.45, 7) is 4.45. The number of halogens is 3. The first-order chi connectivity index (χ1) is 17.0. The molecule has 2 fully saturated rings. The molecular weight excluding hydrogens is 445 g/mol. The summed E-state index contributed by atoms with van der Waals surface area (Å²) in [7, 11) is 0. The summed E-state index contributed by atoms with van der Waals surface area (Å²) in [5.74, 6) is 0.494. The highest BCUT2D eigenvalue weighted by Crippen LogP contribution is 2.40. The normalized spacial score (nSPS) is 25.2. The predicted octanol–water partition coefficient (Wildman–Crippen LogP) is 9.26.